The van der Waals surface area contributed by atoms with Crippen LogP contribution in [-0.4, -0.2) is 17.1 Å². The predicted molar refractivity (Wildman–Crippen MR) is 73.6 cm³/mol. The quantitative estimate of drug-likeness (QED) is 0.843. The number of rotatable bonds is 5. The lowest BCUT2D eigenvalue weighted by Crippen LogP contribution is -2.51. The van der Waals surface area contributed by atoms with Crippen LogP contribution >= 0.6 is 0 Å². The largest absolute Gasteiger partial charge is 0.480 e. The maximum Gasteiger partial charge on any atom is 0.328 e. The summed E-state index contributed by atoms with van der Waals surface area (Å²) in [5, 5.41) is 12.8. The Kier molecular flexibility index (Phi) is 4.52. The van der Waals surface area contributed by atoms with Gasteiger partial charge in [0.25, 0.3) is 0 Å². The van der Waals surface area contributed by atoms with Crippen LogP contribution in [0.15, 0.2) is 24.3 Å². The Morgan fingerprint density at radius 2 is 1.94 bits per heavy atom. The lowest BCUT2D eigenvalue weighted by Gasteiger charge is -2.32. The van der Waals surface area contributed by atoms with Gasteiger partial charge in [-0.3, -0.25) is 5.32 Å². The summed E-state index contributed by atoms with van der Waals surface area (Å²) >= 11 is 0. The second kappa shape index (κ2) is 5.53. The highest BCUT2D eigenvalue weighted by Gasteiger charge is 2.36. The molecule has 1 aromatic carbocycles. The van der Waals surface area contributed by atoms with E-state index in [2.05, 4.69) is 19.2 Å². The monoisotopic (exact) mass is 249 g/mol. The van der Waals surface area contributed by atoms with E-state index in [-0.39, 0.29) is 6.04 Å². The van der Waals surface area contributed by atoms with Gasteiger partial charge in [-0.25, -0.2) is 4.79 Å². The van der Waals surface area contributed by atoms with Crippen molar-refractivity contribution in [3.63, 3.8) is 0 Å². The number of carboxylic acid groups (broad SMARTS) is 1. The highest BCUT2D eigenvalue weighted by Crippen LogP contribution is 2.24. The third-order valence-corrected chi connectivity index (χ3v) is 3.54. The molecule has 0 fully saturated rings. The SMILES string of the molecule is Cc1cccc(C(C)(NC(C)C(C)C)C(=O)O)c1. The minimum absolute atomic E-state index is 0.131. The maximum atomic E-state index is 11.6. The fourth-order valence-corrected chi connectivity index (χ4v) is 1.85. The topological polar surface area (TPSA) is 49.3 Å². The van der Waals surface area contributed by atoms with Gasteiger partial charge in [0.05, 0.1) is 0 Å². The second-order valence-electron chi connectivity index (χ2n) is 5.48. The molecular formula is C15H23NO2. The van der Waals surface area contributed by atoms with Gasteiger partial charge in [0, 0.05) is 6.04 Å². The summed E-state index contributed by atoms with van der Waals surface area (Å²) in [6.45, 7) is 9.87. The molecule has 0 aliphatic carbocycles. The summed E-state index contributed by atoms with van der Waals surface area (Å²) in [5.41, 5.74) is 0.817. The molecule has 18 heavy (non-hydrogen) atoms. The maximum absolute atomic E-state index is 11.6. The third-order valence-electron chi connectivity index (χ3n) is 3.54. The summed E-state index contributed by atoms with van der Waals surface area (Å²) in [6, 6.07) is 7.78. The average molecular weight is 249 g/mol. The Labute approximate surface area is 109 Å². The molecule has 0 heterocycles. The van der Waals surface area contributed by atoms with Crippen molar-refractivity contribution >= 4 is 5.97 Å². The molecule has 0 saturated carbocycles. The summed E-state index contributed by atoms with van der Waals surface area (Å²) in [4.78, 5) is 11.6. The van der Waals surface area contributed by atoms with Crippen LogP contribution in [0.4, 0.5) is 0 Å². The lowest BCUT2D eigenvalue weighted by atomic mass is 9.89. The van der Waals surface area contributed by atoms with Crippen LogP contribution in [0.3, 0.4) is 0 Å². The van der Waals surface area contributed by atoms with E-state index in [0.29, 0.717) is 5.92 Å². The number of carbonyl (C=O) groups is 1. The van der Waals surface area contributed by atoms with Crippen LogP contribution in [-0.2, 0) is 10.3 Å². The van der Waals surface area contributed by atoms with Crippen LogP contribution in [0, 0.1) is 12.8 Å². The standard InChI is InChI=1S/C15H23NO2/c1-10(2)12(4)16-15(5,14(17)18)13-8-6-7-11(3)9-13/h6-10,12,16H,1-5H3,(H,17,18). The molecule has 0 bridgehead atoms. The number of hydrogen-bond donors (Lipinski definition) is 2. The first kappa shape index (κ1) is 14.7. The molecule has 0 aromatic heterocycles. The van der Waals surface area contributed by atoms with Crippen LogP contribution in [0.1, 0.15) is 38.8 Å². The number of carboxylic acids is 1. The van der Waals surface area contributed by atoms with Crippen molar-refractivity contribution in [1.82, 2.24) is 5.32 Å². The molecule has 1 rings (SSSR count). The Bertz CT molecular complexity index is 428. The fourth-order valence-electron chi connectivity index (χ4n) is 1.85. The van der Waals surface area contributed by atoms with Crippen molar-refractivity contribution in [2.24, 2.45) is 5.92 Å². The molecule has 1 aromatic rings. The molecule has 3 nitrogen and oxygen atoms in total. The Balaban J connectivity index is 3.12. The van der Waals surface area contributed by atoms with Crippen molar-refractivity contribution in [3.8, 4) is 0 Å². The number of hydrogen-bond acceptors (Lipinski definition) is 2. The third kappa shape index (κ3) is 3.10. The summed E-state index contributed by atoms with van der Waals surface area (Å²) in [7, 11) is 0. The molecule has 3 heteroatoms. The minimum Gasteiger partial charge on any atom is -0.480 e. The van der Waals surface area contributed by atoms with Gasteiger partial charge in [-0.05, 0) is 32.3 Å². The fraction of sp³-hybridized carbons (Fsp3) is 0.533. The summed E-state index contributed by atoms with van der Waals surface area (Å²) < 4.78 is 0. The summed E-state index contributed by atoms with van der Waals surface area (Å²) in [6.07, 6.45) is 0. The van der Waals surface area contributed by atoms with Crippen LogP contribution in [0.5, 0.6) is 0 Å². The highest BCUT2D eigenvalue weighted by molar-refractivity contribution is 5.80. The van der Waals surface area contributed by atoms with E-state index in [1.54, 1.807) is 6.92 Å². The number of aryl methyl sites for hydroxylation is 1. The predicted octanol–water partition coefficient (Wildman–Crippen LogP) is 2.93. The molecule has 0 spiro atoms. The molecule has 100 valence electrons. The normalized spacial score (nSPS) is 16.3. The number of benzene rings is 1. The van der Waals surface area contributed by atoms with Crippen molar-refractivity contribution in [2.75, 3.05) is 0 Å². The van der Waals surface area contributed by atoms with E-state index in [1.807, 2.05) is 38.1 Å². The van der Waals surface area contributed by atoms with E-state index in [0.717, 1.165) is 11.1 Å². The number of aliphatic carboxylic acids is 1. The molecule has 2 unspecified atom stereocenters. The molecule has 2 N–H and O–H groups in total. The first-order chi connectivity index (χ1) is 8.27. The molecule has 0 aliphatic heterocycles. The Morgan fingerprint density at radius 3 is 2.39 bits per heavy atom. The van der Waals surface area contributed by atoms with Crippen molar-refractivity contribution < 1.29 is 9.90 Å². The lowest BCUT2D eigenvalue weighted by molar-refractivity contribution is -0.145. The zero-order valence-electron chi connectivity index (χ0n) is 11.8. The van der Waals surface area contributed by atoms with Gasteiger partial charge in [-0.2, -0.15) is 0 Å². The zero-order chi connectivity index (χ0) is 13.9. The summed E-state index contributed by atoms with van der Waals surface area (Å²) in [5.74, 6) is -0.464. The zero-order valence-corrected chi connectivity index (χ0v) is 11.8. The Morgan fingerprint density at radius 1 is 1.33 bits per heavy atom. The molecule has 2 atom stereocenters. The molecule has 0 radical (unpaired) electrons. The van der Waals surface area contributed by atoms with Crippen molar-refractivity contribution in [2.45, 2.75) is 46.2 Å². The van der Waals surface area contributed by atoms with Gasteiger partial charge >= 0.3 is 5.97 Å². The van der Waals surface area contributed by atoms with E-state index < -0.39 is 11.5 Å². The minimum atomic E-state index is -1.05. The van der Waals surface area contributed by atoms with Gasteiger partial charge in [0.15, 0.2) is 0 Å². The number of nitrogens with one attached hydrogen (secondary N) is 1. The molecule has 0 amide bonds. The molecular weight excluding hydrogens is 226 g/mol. The van der Waals surface area contributed by atoms with Crippen LogP contribution in [0.2, 0.25) is 0 Å². The van der Waals surface area contributed by atoms with E-state index >= 15 is 0 Å². The highest BCUT2D eigenvalue weighted by atomic mass is 16.4. The van der Waals surface area contributed by atoms with Gasteiger partial charge < -0.3 is 5.11 Å². The van der Waals surface area contributed by atoms with E-state index in [1.165, 1.54) is 0 Å². The van der Waals surface area contributed by atoms with Crippen LogP contribution < -0.4 is 5.32 Å². The first-order valence-corrected chi connectivity index (χ1v) is 6.35. The molecule has 0 aliphatic rings. The molecule has 0 saturated heterocycles. The van der Waals surface area contributed by atoms with E-state index in [4.69, 9.17) is 0 Å². The Hall–Kier alpha value is -1.35. The van der Waals surface area contributed by atoms with Gasteiger partial charge in [-0.1, -0.05) is 43.7 Å². The second-order valence-corrected chi connectivity index (χ2v) is 5.48. The van der Waals surface area contributed by atoms with Gasteiger partial charge in [0.2, 0.25) is 0 Å². The van der Waals surface area contributed by atoms with Crippen molar-refractivity contribution in [3.05, 3.63) is 35.4 Å². The van der Waals surface area contributed by atoms with Crippen molar-refractivity contribution in [1.29, 1.82) is 0 Å². The van der Waals surface area contributed by atoms with E-state index in [9.17, 15) is 9.90 Å². The van der Waals surface area contributed by atoms with Gasteiger partial charge in [-0.15, -0.1) is 0 Å². The average Bonchev–Trinajstić information content (AvgIpc) is 2.28. The first-order valence-electron chi connectivity index (χ1n) is 6.35. The van der Waals surface area contributed by atoms with Gasteiger partial charge in [0.1, 0.15) is 5.54 Å². The van der Waals surface area contributed by atoms with Crippen LogP contribution in [0.25, 0.3) is 0 Å². The smallest absolute Gasteiger partial charge is 0.328 e.